The summed E-state index contributed by atoms with van der Waals surface area (Å²) in [6, 6.07) is 8.66. The third-order valence-corrected chi connectivity index (χ3v) is 4.49. The van der Waals surface area contributed by atoms with E-state index in [9.17, 15) is 15.2 Å². The van der Waals surface area contributed by atoms with Crippen LogP contribution >= 0.6 is 11.3 Å². The van der Waals surface area contributed by atoms with Gasteiger partial charge in [0.1, 0.15) is 11.5 Å². The summed E-state index contributed by atoms with van der Waals surface area (Å²) in [7, 11) is 1.57. The number of aliphatic hydroxyl groups excluding tert-OH is 1. The van der Waals surface area contributed by atoms with Crippen molar-refractivity contribution in [1.82, 2.24) is 0 Å². The van der Waals surface area contributed by atoms with Crippen LogP contribution in [0.1, 0.15) is 10.4 Å². The summed E-state index contributed by atoms with van der Waals surface area (Å²) in [4.78, 5) is 11.2. The van der Waals surface area contributed by atoms with E-state index in [0.717, 1.165) is 21.9 Å². The van der Waals surface area contributed by atoms with E-state index >= 15 is 0 Å². The van der Waals surface area contributed by atoms with Gasteiger partial charge in [0.15, 0.2) is 0 Å². The van der Waals surface area contributed by atoms with Gasteiger partial charge in [0, 0.05) is 34.7 Å². The second-order valence-electron chi connectivity index (χ2n) is 4.90. The first kappa shape index (κ1) is 15.1. The lowest BCUT2D eigenvalue weighted by Crippen LogP contribution is -2.08. The van der Waals surface area contributed by atoms with E-state index in [1.54, 1.807) is 25.3 Å². The van der Waals surface area contributed by atoms with Crippen LogP contribution < -0.4 is 10.1 Å². The first-order valence-electron chi connectivity index (χ1n) is 6.87. The summed E-state index contributed by atoms with van der Waals surface area (Å²) in [5.74, 6) is 0.792. The third kappa shape index (κ3) is 3.04. The van der Waals surface area contributed by atoms with Crippen molar-refractivity contribution >= 4 is 27.8 Å². The zero-order chi connectivity index (χ0) is 16.4. The molecule has 0 bridgehead atoms. The Morgan fingerprint density at radius 3 is 2.91 bits per heavy atom. The van der Waals surface area contributed by atoms with Gasteiger partial charge in [-0.25, -0.2) is 0 Å². The van der Waals surface area contributed by atoms with Gasteiger partial charge in [0.2, 0.25) is 0 Å². The molecule has 0 unspecified atom stereocenters. The molecule has 1 aromatic heterocycles. The number of nitrogens with one attached hydrogen (secondary N) is 1. The van der Waals surface area contributed by atoms with Crippen molar-refractivity contribution in [3.05, 3.63) is 68.7 Å². The fraction of sp³-hybridized carbons (Fsp3) is 0.125. The van der Waals surface area contributed by atoms with Crippen molar-refractivity contribution in [1.29, 1.82) is 0 Å². The van der Waals surface area contributed by atoms with Crippen molar-refractivity contribution in [2.24, 2.45) is 0 Å². The van der Waals surface area contributed by atoms with E-state index in [0.29, 0.717) is 23.4 Å². The van der Waals surface area contributed by atoms with Crippen LogP contribution in [0.3, 0.4) is 0 Å². The molecule has 0 spiro atoms. The summed E-state index contributed by atoms with van der Waals surface area (Å²) in [6.45, 7) is 0. The van der Waals surface area contributed by atoms with Crippen LogP contribution in [0.15, 0.2) is 48.2 Å². The molecule has 0 saturated carbocycles. The van der Waals surface area contributed by atoms with Crippen LogP contribution in [-0.2, 0) is 6.42 Å². The first-order valence-corrected chi connectivity index (χ1v) is 7.68. The number of para-hydroxylation sites is 1. The van der Waals surface area contributed by atoms with Crippen LogP contribution in [0.25, 0.3) is 5.76 Å². The maximum absolute atomic E-state index is 10.7. The van der Waals surface area contributed by atoms with Crippen molar-refractivity contribution in [3.63, 3.8) is 0 Å². The number of aliphatic hydroxyl groups is 1. The molecule has 6 nitrogen and oxygen atoms in total. The minimum atomic E-state index is -0.396. The molecule has 3 rings (SSSR count). The third-order valence-electron chi connectivity index (χ3n) is 3.43. The molecular formula is C16H14N2O4S. The maximum atomic E-state index is 10.7. The van der Waals surface area contributed by atoms with E-state index in [4.69, 9.17) is 4.74 Å². The summed E-state index contributed by atoms with van der Waals surface area (Å²) < 4.78 is 5.30. The average molecular weight is 330 g/mol. The molecule has 0 amide bonds. The van der Waals surface area contributed by atoms with E-state index in [2.05, 4.69) is 5.32 Å². The molecule has 0 atom stereocenters. The summed E-state index contributed by atoms with van der Waals surface area (Å²) in [6.07, 6.45) is 4.04. The van der Waals surface area contributed by atoms with Crippen molar-refractivity contribution in [2.45, 2.75) is 6.42 Å². The summed E-state index contributed by atoms with van der Waals surface area (Å²) in [5.41, 5.74) is 2.10. The fourth-order valence-electron chi connectivity index (χ4n) is 2.34. The highest BCUT2D eigenvalue weighted by molar-refractivity contribution is 7.15. The molecule has 23 heavy (non-hydrogen) atoms. The van der Waals surface area contributed by atoms with Crippen LogP contribution in [0.4, 0.5) is 10.7 Å². The molecule has 2 heterocycles. The molecule has 2 N–H and O–H groups in total. The molecule has 0 aliphatic carbocycles. The predicted molar refractivity (Wildman–Crippen MR) is 90.0 cm³/mol. The Kier molecular flexibility index (Phi) is 4.03. The lowest BCUT2D eigenvalue weighted by molar-refractivity contribution is -0.380. The Hall–Kier alpha value is -2.80. The Balaban J connectivity index is 1.84. The number of thiophene rings is 1. The molecule has 1 aromatic carbocycles. The maximum Gasteiger partial charge on any atom is 0.324 e. The Morgan fingerprint density at radius 1 is 1.39 bits per heavy atom. The largest absolute Gasteiger partial charge is 0.507 e. The van der Waals surface area contributed by atoms with Gasteiger partial charge in [0.25, 0.3) is 0 Å². The quantitative estimate of drug-likeness (QED) is 0.651. The molecule has 7 heteroatoms. The van der Waals surface area contributed by atoms with Gasteiger partial charge >= 0.3 is 5.00 Å². The zero-order valence-electron chi connectivity index (χ0n) is 12.3. The Morgan fingerprint density at radius 2 is 2.22 bits per heavy atom. The topological polar surface area (TPSA) is 84.6 Å². The van der Waals surface area contributed by atoms with Gasteiger partial charge in [-0.15, -0.1) is 0 Å². The second-order valence-corrected chi connectivity index (χ2v) is 6.04. The van der Waals surface area contributed by atoms with Gasteiger partial charge < -0.3 is 15.2 Å². The van der Waals surface area contributed by atoms with Crippen LogP contribution in [0.5, 0.6) is 5.75 Å². The lowest BCUT2D eigenvalue weighted by Gasteiger charge is -2.20. The highest BCUT2D eigenvalue weighted by atomic mass is 32.1. The van der Waals surface area contributed by atoms with Crippen LogP contribution in [0, 0.1) is 10.1 Å². The van der Waals surface area contributed by atoms with Crippen molar-refractivity contribution in [2.75, 3.05) is 12.4 Å². The van der Waals surface area contributed by atoms with E-state index in [1.165, 1.54) is 6.07 Å². The summed E-state index contributed by atoms with van der Waals surface area (Å²) >= 11 is 1.14. The minimum absolute atomic E-state index is 0.125. The number of hydrogen-bond donors (Lipinski definition) is 2. The monoisotopic (exact) mass is 330 g/mol. The number of ether oxygens (including phenoxy) is 1. The van der Waals surface area contributed by atoms with E-state index in [1.807, 2.05) is 18.2 Å². The normalized spacial score (nSPS) is 14.8. The Bertz CT molecular complexity index is 823. The number of rotatable bonds is 4. The SMILES string of the molecule is COc1cccc2c1N/C(=C/Cc1ccc([N+](=O)[O-])s1)C=C2O. The van der Waals surface area contributed by atoms with Crippen molar-refractivity contribution < 1.29 is 14.8 Å². The first-order chi connectivity index (χ1) is 11.1. The number of allylic oxidation sites excluding steroid dienone is 2. The van der Waals surface area contributed by atoms with Gasteiger partial charge in [0.05, 0.1) is 17.7 Å². The standard InChI is InChI=1S/C16H14N2O4S/c1-22-14-4-2-3-12-13(19)9-10(17-16(12)14)5-6-11-7-8-15(23-11)18(20)21/h2-5,7-9,17,19H,6H2,1H3/b10-5+. The number of anilines is 1. The molecule has 0 fully saturated rings. The van der Waals surface area contributed by atoms with Gasteiger partial charge in [-0.3, -0.25) is 10.1 Å². The number of nitrogens with zero attached hydrogens (tertiary/aromatic N) is 1. The fourth-order valence-corrected chi connectivity index (χ4v) is 3.13. The average Bonchev–Trinajstić information content (AvgIpc) is 3.02. The van der Waals surface area contributed by atoms with E-state index in [-0.39, 0.29) is 10.8 Å². The van der Waals surface area contributed by atoms with Gasteiger partial charge in [-0.05, 0) is 18.2 Å². The molecular weight excluding hydrogens is 316 g/mol. The van der Waals surface area contributed by atoms with E-state index < -0.39 is 4.92 Å². The summed E-state index contributed by atoms with van der Waals surface area (Å²) in [5, 5.41) is 24.2. The van der Waals surface area contributed by atoms with Crippen LogP contribution in [0.2, 0.25) is 0 Å². The highest BCUT2D eigenvalue weighted by Gasteiger charge is 2.18. The molecule has 0 radical (unpaired) electrons. The highest BCUT2D eigenvalue weighted by Crippen LogP contribution is 2.37. The molecule has 0 saturated heterocycles. The predicted octanol–water partition coefficient (Wildman–Crippen LogP) is 4.12. The smallest absolute Gasteiger partial charge is 0.324 e. The van der Waals surface area contributed by atoms with Gasteiger partial charge in [-0.2, -0.15) is 0 Å². The molecule has 1 aliphatic heterocycles. The van der Waals surface area contributed by atoms with Gasteiger partial charge in [-0.1, -0.05) is 23.5 Å². The van der Waals surface area contributed by atoms with Crippen molar-refractivity contribution in [3.8, 4) is 5.75 Å². The lowest BCUT2D eigenvalue weighted by atomic mass is 10.0. The number of hydrogen-bond acceptors (Lipinski definition) is 6. The van der Waals surface area contributed by atoms with Crippen LogP contribution in [-0.4, -0.2) is 17.1 Å². The number of methoxy groups -OCH3 is 1. The molecule has 2 aromatic rings. The number of benzene rings is 1. The Labute approximate surface area is 136 Å². The molecule has 1 aliphatic rings. The number of fused-ring (bicyclic) bond motifs is 1. The number of nitro groups is 1. The second kappa shape index (κ2) is 6.13. The zero-order valence-corrected chi connectivity index (χ0v) is 13.1. The minimum Gasteiger partial charge on any atom is -0.507 e. The molecule has 118 valence electrons.